The van der Waals surface area contributed by atoms with E-state index < -0.39 is 0 Å². The van der Waals surface area contributed by atoms with Crippen LogP contribution in [0.4, 0.5) is 5.69 Å². The molecule has 0 fully saturated rings. The maximum atomic E-state index is 12.1. The molecule has 5 nitrogen and oxygen atoms in total. The minimum atomic E-state index is -0.176. The Balaban J connectivity index is 1.88. The SMILES string of the molecule is Cc1ccccc1CC(=O)NC(=S)Nc1ccc(C(=O)NC(C)C)cc1. The number of hydrogen-bond acceptors (Lipinski definition) is 3. The molecular weight excluding hydrogens is 346 g/mol. The smallest absolute Gasteiger partial charge is 0.251 e. The first-order valence-electron chi connectivity index (χ1n) is 8.41. The molecule has 6 heteroatoms. The molecule has 0 aliphatic heterocycles. The molecule has 0 bridgehead atoms. The number of benzene rings is 2. The van der Waals surface area contributed by atoms with E-state index in [1.807, 2.05) is 45.0 Å². The van der Waals surface area contributed by atoms with Gasteiger partial charge in [-0.05, 0) is 68.4 Å². The van der Waals surface area contributed by atoms with Gasteiger partial charge in [-0.3, -0.25) is 9.59 Å². The van der Waals surface area contributed by atoms with Crippen molar-refractivity contribution in [3.8, 4) is 0 Å². The van der Waals surface area contributed by atoms with Gasteiger partial charge >= 0.3 is 0 Å². The highest BCUT2D eigenvalue weighted by atomic mass is 32.1. The Morgan fingerprint density at radius 1 is 1.04 bits per heavy atom. The summed E-state index contributed by atoms with van der Waals surface area (Å²) in [5, 5.41) is 8.67. The Kier molecular flexibility index (Phi) is 6.86. The zero-order chi connectivity index (χ0) is 19.1. The molecule has 0 aliphatic rings. The summed E-state index contributed by atoms with van der Waals surface area (Å²) in [6.45, 7) is 5.79. The van der Waals surface area contributed by atoms with E-state index in [1.54, 1.807) is 24.3 Å². The summed E-state index contributed by atoms with van der Waals surface area (Å²) in [6, 6.07) is 14.7. The van der Waals surface area contributed by atoms with Crippen molar-refractivity contribution >= 4 is 34.8 Å². The van der Waals surface area contributed by atoms with Crippen LogP contribution in [0.5, 0.6) is 0 Å². The molecular formula is C20H23N3O2S. The van der Waals surface area contributed by atoms with Gasteiger partial charge in [0.2, 0.25) is 5.91 Å². The first-order valence-corrected chi connectivity index (χ1v) is 8.82. The first kappa shape index (κ1) is 19.6. The fourth-order valence-electron chi connectivity index (χ4n) is 2.37. The number of carbonyl (C=O) groups excluding carboxylic acids is 2. The fraction of sp³-hybridized carbons (Fsp3) is 0.250. The average molecular weight is 369 g/mol. The number of hydrogen-bond donors (Lipinski definition) is 3. The Morgan fingerprint density at radius 2 is 1.69 bits per heavy atom. The maximum absolute atomic E-state index is 12.1. The number of anilines is 1. The lowest BCUT2D eigenvalue weighted by molar-refractivity contribution is -0.119. The van der Waals surface area contributed by atoms with Gasteiger partial charge in [-0.25, -0.2) is 0 Å². The third-order valence-electron chi connectivity index (χ3n) is 3.69. The quantitative estimate of drug-likeness (QED) is 0.708. The average Bonchev–Trinajstić information content (AvgIpc) is 2.56. The van der Waals surface area contributed by atoms with Gasteiger partial charge in [-0.15, -0.1) is 0 Å². The van der Waals surface area contributed by atoms with Gasteiger partial charge in [0.25, 0.3) is 5.91 Å². The van der Waals surface area contributed by atoms with Crippen LogP contribution in [0.25, 0.3) is 0 Å². The van der Waals surface area contributed by atoms with Crippen LogP contribution in [-0.4, -0.2) is 23.0 Å². The van der Waals surface area contributed by atoms with E-state index in [9.17, 15) is 9.59 Å². The topological polar surface area (TPSA) is 70.2 Å². The van der Waals surface area contributed by atoms with Crippen molar-refractivity contribution in [3.05, 3.63) is 65.2 Å². The van der Waals surface area contributed by atoms with Crippen LogP contribution < -0.4 is 16.0 Å². The summed E-state index contributed by atoms with van der Waals surface area (Å²) in [4.78, 5) is 24.0. The number of thiocarbonyl (C=S) groups is 1. The minimum Gasteiger partial charge on any atom is -0.350 e. The summed E-state index contributed by atoms with van der Waals surface area (Å²) in [5.41, 5.74) is 3.30. The fourth-order valence-corrected chi connectivity index (χ4v) is 2.60. The van der Waals surface area contributed by atoms with Gasteiger partial charge in [0, 0.05) is 17.3 Å². The molecule has 0 spiro atoms. The standard InChI is InChI=1S/C20H23N3O2S/c1-13(2)21-19(25)15-8-10-17(11-9-15)22-20(26)23-18(24)12-16-7-5-4-6-14(16)3/h4-11,13H,12H2,1-3H3,(H,21,25)(H2,22,23,24,26). The highest BCUT2D eigenvalue weighted by Crippen LogP contribution is 2.10. The van der Waals surface area contributed by atoms with Crippen LogP contribution in [-0.2, 0) is 11.2 Å². The van der Waals surface area contributed by atoms with Gasteiger partial charge in [-0.2, -0.15) is 0 Å². The predicted molar refractivity (Wildman–Crippen MR) is 108 cm³/mol. The molecule has 2 amide bonds. The highest BCUT2D eigenvalue weighted by molar-refractivity contribution is 7.80. The third-order valence-corrected chi connectivity index (χ3v) is 3.89. The van der Waals surface area contributed by atoms with Gasteiger partial charge in [0.15, 0.2) is 5.11 Å². The Labute approximate surface area is 159 Å². The van der Waals surface area contributed by atoms with Crippen LogP contribution >= 0.6 is 12.2 Å². The number of carbonyl (C=O) groups is 2. The molecule has 0 saturated carbocycles. The third kappa shape index (κ3) is 5.97. The molecule has 0 atom stereocenters. The lowest BCUT2D eigenvalue weighted by Gasteiger charge is -2.12. The predicted octanol–water partition coefficient (Wildman–Crippen LogP) is 3.19. The largest absolute Gasteiger partial charge is 0.350 e. The number of nitrogens with one attached hydrogen (secondary N) is 3. The minimum absolute atomic E-state index is 0.0799. The number of amides is 2. The van der Waals surface area contributed by atoms with Crippen LogP contribution in [0.1, 0.15) is 35.3 Å². The van der Waals surface area contributed by atoms with Crippen LogP contribution in [0, 0.1) is 6.92 Å². The second-order valence-electron chi connectivity index (χ2n) is 6.31. The number of rotatable bonds is 5. The molecule has 0 heterocycles. The zero-order valence-electron chi connectivity index (χ0n) is 15.1. The van der Waals surface area contributed by atoms with E-state index in [0.29, 0.717) is 11.3 Å². The normalized spacial score (nSPS) is 10.3. The Morgan fingerprint density at radius 3 is 2.31 bits per heavy atom. The molecule has 0 saturated heterocycles. The van der Waals surface area contributed by atoms with E-state index in [1.165, 1.54) is 0 Å². The molecule has 0 aromatic heterocycles. The van der Waals surface area contributed by atoms with Gasteiger partial charge in [0.05, 0.1) is 6.42 Å². The van der Waals surface area contributed by atoms with E-state index in [4.69, 9.17) is 12.2 Å². The van der Waals surface area contributed by atoms with Crippen molar-refractivity contribution in [1.29, 1.82) is 0 Å². The summed E-state index contributed by atoms with van der Waals surface area (Å²) in [7, 11) is 0. The van der Waals surface area contributed by atoms with Gasteiger partial charge in [0.1, 0.15) is 0 Å². The number of aryl methyl sites for hydroxylation is 1. The molecule has 2 rings (SSSR count). The molecule has 0 unspecified atom stereocenters. The summed E-state index contributed by atoms with van der Waals surface area (Å²) in [5.74, 6) is -0.301. The van der Waals surface area contributed by atoms with Crippen LogP contribution in [0.2, 0.25) is 0 Å². The molecule has 3 N–H and O–H groups in total. The van der Waals surface area contributed by atoms with Crippen molar-refractivity contribution in [2.75, 3.05) is 5.32 Å². The van der Waals surface area contributed by atoms with E-state index in [0.717, 1.165) is 11.1 Å². The van der Waals surface area contributed by atoms with Gasteiger partial charge in [-0.1, -0.05) is 24.3 Å². The summed E-state index contributed by atoms with van der Waals surface area (Å²) >= 11 is 5.18. The Hall–Kier alpha value is -2.73. The highest BCUT2D eigenvalue weighted by Gasteiger charge is 2.09. The van der Waals surface area contributed by atoms with Crippen molar-refractivity contribution in [2.45, 2.75) is 33.2 Å². The molecule has 136 valence electrons. The molecule has 2 aromatic rings. The van der Waals surface area contributed by atoms with Crippen molar-refractivity contribution in [3.63, 3.8) is 0 Å². The van der Waals surface area contributed by atoms with E-state index in [-0.39, 0.29) is 29.4 Å². The van der Waals surface area contributed by atoms with Crippen LogP contribution in [0.15, 0.2) is 48.5 Å². The lowest BCUT2D eigenvalue weighted by atomic mass is 10.1. The second-order valence-corrected chi connectivity index (χ2v) is 6.72. The monoisotopic (exact) mass is 369 g/mol. The Bertz CT molecular complexity index is 801. The van der Waals surface area contributed by atoms with Crippen LogP contribution in [0.3, 0.4) is 0 Å². The first-order chi connectivity index (χ1) is 12.3. The van der Waals surface area contributed by atoms with E-state index in [2.05, 4.69) is 16.0 Å². The molecule has 26 heavy (non-hydrogen) atoms. The van der Waals surface area contributed by atoms with Crippen molar-refractivity contribution < 1.29 is 9.59 Å². The zero-order valence-corrected chi connectivity index (χ0v) is 15.9. The van der Waals surface area contributed by atoms with Gasteiger partial charge < -0.3 is 16.0 Å². The summed E-state index contributed by atoms with van der Waals surface area (Å²) < 4.78 is 0. The summed E-state index contributed by atoms with van der Waals surface area (Å²) in [6.07, 6.45) is 0.267. The molecule has 0 aliphatic carbocycles. The molecule has 0 radical (unpaired) electrons. The molecule has 2 aromatic carbocycles. The second kappa shape index (κ2) is 9.10. The van der Waals surface area contributed by atoms with E-state index >= 15 is 0 Å². The van der Waals surface area contributed by atoms with Crippen molar-refractivity contribution in [1.82, 2.24) is 10.6 Å². The maximum Gasteiger partial charge on any atom is 0.251 e. The lowest BCUT2D eigenvalue weighted by Crippen LogP contribution is -2.35. The van der Waals surface area contributed by atoms with Crippen molar-refractivity contribution in [2.24, 2.45) is 0 Å².